The molecule has 2 nitrogen and oxygen atoms in total. The third-order valence-electron chi connectivity index (χ3n) is 13.8. The zero-order chi connectivity index (χ0) is 25.3. The number of hydrogen-bond donors (Lipinski definition) is 0. The van der Waals surface area contributed by atoms with Crippen LogP contribution in [0.2, 0.25) is 0 Å². The maximum absolute atomic E-state index is 3.24. The predicted octanol–water partition coefficient (Wildman–Crippen LogP) is 9.50. The van der Waals surface area contributed by atoms with Crippen molar-refractivity contribution in [2.45, 2.75) is 203 Å². The Morgan fingerprint density at radius 2 is 0.921 bits per heavy atom. The second-order valence-electron chi connectivity index (χ2n) is 15.7. The van der Waals surface area contributed by atoms with Gasteiger partial charge in [0.15, 0.2) is 0 Å². The smallest absolute Gasteiger partial charge is 0.0133 e. The molecule has 0 aromatic carbocycles. The Morgan fingerprint density at radius 1 is 0.368 bits per heavy atom. The first-order valence-corrected chi connectivity index (χ1v) is 18.4. The van der Waals surface area contributed by atoms with Gasteiger partial charge in [0, 0.05) is 36.3 Å². The molecule has 0 bridgehead atoms. The second-order valence-corrected chi connectivity index (χ2v) is 15.7. The zero-order valence-corrected chi connectivity index (χ0v) is 25.1. The van der Waals surface area contributed by atoms with Crippen molar-refractivity contribution >= 4 is 0 Å². The van der Waals surface area contributed by atoms with Crippen LogP contribution in [0, 0.1) is 23.7 Å². The molecular formula is C36H62N2. The van der Waals surface area contributed by atoms with Crippen molar-refractivity contribution in [3.05, 3.63) is 0 Å². The number of nitrogens with zero attached hydrogens (tertiary/aromatic N) is 2. The van der Waals surface area contributed by atoms with Crippen LogP contribution in [0.4, 0.5) is 0 Å². The van der Waals surface area contributed by atoms with Crippen LogP contribution in [0.5, 0.6) is 0 Å². The van der Waals surface area contributed by atoms with E-state index in [1.807, 2.05) is 0 Å². The summed E-state index contributed by atoms with van der Waals surface area (Å²) in [6, 6.07) is 5.72. The summed E-state index contributed by atoms with van der Waals surface area (Å²) in [4.78, 5) is 6.48. The van der Waals surface area contributed by atoms with Crippen LogP contribution in [0.1, 0.15) is 167 Å². The first-order chi connectivity index (χ1) is 18.9. The SMILES string of the molecule is C1CCC(N(C2CCCCC2)C2CCCC(C3CCC4C(C3)C3CCCCC3N4C3CCCCC3)C2)CC1. The highest BCUT2D eigenvalue weighted by molar-refractivity contribution is 5.07. The van der Waals surface area contributed by atoms with Crippen LogP contribution in [-0.2, 0) is 0 Å². The number of hydrogen-bond acceptors (Lipinski definition) is 2. The Bertz CT molecular complexity index is 714. The van der Waals surface area contributed by atoms with Gasteiger partial charge >= 0.3 is 0 Å². The van der Waals surface area contributed by atoms with Crippen LogP contribution >= 0.6 is 0 Å². The van der Waals surface area contributed by atoms with Crippen molar-refractivity contribution < 1.29 is 0 Å². The monoisotopic (exact) mass is 522 g/mol. The van der Waals surface area contributed by atoms with E-state index in [2.05, 4.69) is 9.80 Å². The number of likely N-dealkylation sites (tertiary alicyclic amines) is 1. The fourth-order valence-electron chi connectivity index (χ4n) is 12.2. The Kier molecular flexibility index (Phi) is 8.76. The van der Waals surface area contributed by atoms with Crippen LogP contribution in [0.3, 0.4) is 0 Å². The lowest BCUT2D eigenvalue weighted by Gasteiger charge is -2.50. The van der Waals surface area contributed by atoms with E-state index in [0.717, 1.165) is 59.9 Å². The molecule has 216 valence electrons. The summed E-state index contributed by atoms with van der Waals surface area (Å²) < 4.78 is 0. The fourth-order valence-corrected chi connectivity index (χ4v) is 12.2. The third-order valence-corrected chi connectivity index (χ3v) is 13.8. The first-order valence-electron chi connectivity index (χ1n) is 18.4. The standard InChI is InChI=1S/C36H62N2/c1-4-14-29(15-5-1)37(30-16-6-2-7-17-30)32-20-12-13-27(25-32)28-23-24-36-34(26-28)33-21-10-11-22-35(33)38(36)31-18-8-3-9-19-31/h27-36H,1-26H2. The molecule has 7 fully saturated rings. The molecule has 0 spiro atoms. The van der Waals surface area contributed by atoms with Crippen LogP contribution < -0.4 is 0 Å². The van der Waals surface area contributed by atoms with Crippen molar-refractivity contribution in [1.29, 1.82) is 0 Å². The molecule has 1 aliphatic heterocycles. The molecule has 7 atom stereocenters. The van der Waals surface area contributed by atoms with E-state index in [0.29, 0.717) is 0 Å². The Morgan fingerprint density at radius 3 is 1.63 bits per heavy atom. The summed E-state index contributed by atoms with van der Waals surface area (Å²) in [6.07, 6.45) is 39.9. The summed E-state index contributed by atoms with van der Waals surface area (Å²) in [7, 11) is 0. The minimum atomic E-state index is 0.933. The lowest BCUT2D eigenvalue weighted by molar-refractivity contribution is -0.00378. The summed E-state index contributed by atoms with van der Waals surface area (Å²) in [5, 5.41) is 0. The summed E-state index contributed by atoms with van der Waals surface area (Å²) in [5.41, 5.74) is 0. The maximum atomic E-state index is 3.24. The van der Waals surface area contributed by atoms with Crippen LogP contribution in [-0.4, -0.2) is 46.1 Å². The average Bonchev–Trinajstić information content (AvgIpc) is 3.33. The Hall–Kier alpha value is -0.0800. The van der Waals surface area contributed by atoms with Gasteiger partial charge in [-0.2, -0.15) is 0 Å². The van der Waals surface area contributed by atoms with E-state index < -0.39 is 0 Å². The lowest BCUT2D eigenvalue weighted by Crippen LogP contribution is -2.53. The molecule has 1 heterocycles. The van der Waals surface area contributed by atoms with Crippen molar-refractivity contribution in [3.63, 3.8) is 0 Å². The number of rotatable bonds is 5. The van der Waals surface area contributed by atoms with Gasteiger partial charge in [-0.25, -0.2) is 0 Å². The van der Waals surface area contributed by atoms with Crippen molar-refractivity contribution in [1.82, 2.24) is 9.80 Å². The molecule has 2 heteroatoms. The topological polar surface area (TPSA) is 6.48 Å². The van der Waals surface area contributed by atoms with Crippen molar-refractivity contribution in [2.75, 3.05) is 0 Å². The van der Waals surface area contributed by atoms with Gasteiger partial charge in [0.1, 0.15) is 0 Å². The molecule has 0 N–H and O–H groups in total. The normalized spacial score (nSPS) is 42.7. The summed E-state index contributed by atoms with van der Waals surface area (Å²) in [6.45, 7) is 0. The van der Waals surface area contributed by atoms with E-state index in [-0.39, 0.29) is 0 Å². The molecule has 0 aromatic rings. The molecule has 7 rings (SSSR count). The molecule has 0 amide bonds. The average molecular weight is 523 g/mol. The molecule has 0 radical (unpaired) electrons. The maximum Gasteiger partial charge on any atom is 0.0133 e. The quantitative estimate of drug-likeness (QED) is 0.355. The van der Waals surface area contributed by atoms with Gasteiger partial charge in [-0.05, 0) is 107 Å². The third kappa shape index (κ3) is 5.42. The molecule has 6 aliphatic carbocycles. The minimum absolute atomic E-state index is 0.933. The Balaban J connectivity index is 1.05. The van der Waals surface area contributed by atoms with Gasteiger partial charge in [-0.1, -0.05) is 83.5 Å². The second kappa shape index (κ2) is 12.4. The van der Waals surface area contributed by atoms with E-state index in [9.17, 15) is 0 Å². The van der Waals surface area contributed by atoms with E-state index in [4.69, 9.17) is 0 Å². The van der Waals surface area contributed by atoms with E-state index in [1.165, 1.54) is 122 Å². The molecule has 7 aliphatic rings. The molecule has 6 saturated carbocycles. The fraction of sp³-hybridized carbons (Fsp3) is 1.00. The minimum Gasteiger partial charge on any atom is -0.294 e. The van der Waals surface area contributed by atoms with E-state index >= 15 is 0 Å². The summed E-state index contributed by atoms with van der Waals surface area (Å²) in [5.74, 6) is 4.25. The predicted molar refractivity (Wildman–Crippen MR) is 160 cm³/mol. The highest BCUT2D eigenvalue weighted by atomic mass is 15.3. The van der Waals surface area contributed by atoms with Crippen LogP contribution in [0.15, 0.2) is 0 Å². The first kappa shape index (κ1) is 26.8. The Labute approximate surface area is 236 Å². The van der Waals surface area contributed by atoms with Crippen LogP contribution in [0.25, 0.3) is 0 Å². The summed E-state index contributed by atoms with van der Waals surface area (Å²) >= 11 is 0. The highest BCUT2D eigenvalue weighted by Gasteiger charge is 2.53. The van der Waals surface area contributed by atoms with Gasteiger partial charge in [-0.3, -0.25) is 9.80 Å². The zero-order valence-electron chi connectivity index (χ0n) is 25.1. The van der Waals surface area contributed by atoms with Gasteiger partial charge in [0.2, 0.25) is 0 Å². The van der Waals surface area contributed by atoms with Crippen molar-refractivity contribution in [3.8, 4) is 0 Å². The van der Waals surface area contributed by atoms with Gasteiger partial charge in [0.25, 0.3) is 0 Å². The highest BCUT2D eigenvalue weighted by Crippen LogP contribution is 2.54. The molecular weight excluding hydrogens is 460 g/mol. The molecule has 1 saturated heterocycles. The molecule has 0 aromatic heterocycles. The van der Waals surface area contributed by atoms with Crippen molar-refractivity contribution in [2.24, 2.45) is 23.7 Å². The lowest BCUT2D eigenvalue weighted by atomic mass is 9.64. The van der Waals surface area contributed by atoms with Gasteiger partial charge < -0.3 is 0 Å². The van der Waals surface area contributed by atoms with Gasteiger partial charge in [0.05, 0.1) is 0 Å². The largest absolute Gasteiger partial charge is 0.294 e. The molecule has 7 unspecified atom stereocenters. The molecule has 38 heavy (non-hydrogen) atoms. The number of fused-ring (bicyclic) bond motifs is 3. The van der Waals surface area contributed by atoms with Gasteiger partial charge in [-0.15, -0.1) is 0 Å². The van der Waals surface area contributed by atoms with E-state index in [1.54, 1.807) is 44.9 Å².